The van der Waals surface area contributed by atoms with Crippen LogP contribution in [-0.2, 0) is 6.42 Å². The largest absolute Gasteiger partial charge is 0.396 e. The van der Waals surface area contributed by atoms with Gasteiger partial charge in [0.25, 0.3) is 0 Å². The van der Waals surface area contributed by atoms with Gasteiger partial charge in [-0.05, 0) is 18.1 Å². The zero-order chi connectivity index (χ0) is 7.40. The fourth-order valence-electron chi connectivity index (χ4n) is 0.726. The maximum absolute atomic E-state index is 8.56. The third-order valence-corrected chi connectivity index (χ3v) is 1.56. The number of rotatable bonds is 2. The molecule has 54 valence electrons. The lowest BCUT2D eigenvalue weighted by Crippen LogP contribution is -1.92. The summed E-state index contributed by atoms with van der Waals surface area (Å²) in [6.45, 7) is 0.116. The Morgan fingerprint density at radius 3 is 3.00 bits per heavy atom. The van der Waals surface area contributed by atoms with Crippen molar-refractivity contribution < 1.29 is 5.11 Å². The van der Waals surface area contributed by atoms with Crippen LogP contribution in [0.25, 0.3) is 0 Å². The van der Waals surface area contributed by atoms with Crippen LogP contribution in [0.5, 0.6) is 0 Å². The summed E-state index contributed by atoms with van der Waals surface area (Å²) in [5, 5.41) is 9.04. The number of aromatic nitrogens is 1. The standard InChI is InChI=1S/C7H8ClNO/c8-7-6(3-5-10)2-1-4-9-7/h1-2,4,10H,3,5H2. The van der Waals surface area contributed by atoms with E-state index < -0.39 is 0 Å². The molecule has 0 spiro atoms. The van der Waals surface area contributed by atoms with E-state index in [0.29, 0.717) is 11.6 Å². The minimum atomic E-state index is 0.116. The molecule has 0 aromatic carbocycles. The van der Waals surface area contributed by atoms with Gasteiger partial charge in [-0.15, -0.1) is 0 Å². The van der Waals surface area contributed by atoms with Crippen LogP contribution in [0.3, 0.4) is 0 Å². The van der Waals surface area contributed by atoms with E-state index in [2.05, 4.69) is 4.98 Å². The topological polar surface area (TPSA) is 33.1 Å². The molecule has 2 nitrogen and oxygen atoms in total. The van der Waals surface area contributed by atoms with E-state index in [1.165, 1.54) is 0 Å². The zero-order valence-electron chi connectivity index (χ0n) is 5.42. The van der Waals surface area contributed by atoms with E-state index in [0.717, 1.165) is 5.56 Å². The van der Waals surface area contributed by atoms with Crippen molar-refractivity contribution in [3.05, 3.63) is 29.0 Å². The van der Waals surface area contributed by atoms with Crippen LogP contribution >= 0.6 is 11.6 Å². The van der Waals surface area contributed by atoms with E-state index in [4.69, 9.17) is 16.7 Å². The summed E-state index contributed by atoms with van der Waals surface area (Å²) in [6.07, 6.45) is 2.20. The van der Waals surface area contributed by atoms with Gasteiger partial charge in [-0.1, -0.05) is 17.7 Å². The van der Waals surface area contributed by atoms with E-state index in [9.17, 15) is 0 Å². The molecule has 0 aliphatic rings. The summed E-state index contributed by atoms with van der Waals surface area (Å²) in [4.78, 5) is 3.85. The third kappa shape index (κ3) is 1.69. The van der Waals surface area contributed by atoms with Crippen LogP contribution in [0, 0.1) is 0 Å². The van der Waals surface area contributed by atoms with Crippen LogP contribution in [0.4, 0.5) is 0 Å². The molecule has 0 saturated heterocycles. The van der Waals surface area contributed by atoms with Gasteiger partial charge in [0, 0.05) is 12.8 Å². The SMILES string of the molecule is OCCc1cccnc1Cl. The van der Waals surface area contributed by atoms with Gasteiger partial charge < -0.3 is 5.11 Å². The first-order valence-corrected chi connectivity index (χ1v) is 3.42. The fourth-order valence-corrected chi connectivity index (χ4v) is 0.940. The molecule has 0 saturated carbocycles. The molecule has 0 radical (unpaired) electrons. The average molecular weight is 158 g/mol. The Kier molecular flexibility index (Phi) is 2.66. The first-order chi connectivity index (χ1) is 4.84. The molecule has 0 amide bonds. The van der Waals surface area contributed by atoms with E-state index in [1.807, 2.05) is 6.07 Å². The molecule has 1 N–H and O–H groups in total. The van der Waals surface area contributed by atoms with Gasteiger partial charge >= 0.3 is 0 Å². The molecular weight excluding hydrogens is 150 g/mol. The summed E-state index contributed by atoms with van der Waals surface area (Å²) in [6, 6.07) is 3.66. The van der Waals surface area contributed by atoms with Gasteiger partial charge in [-0.3, -0.25) is 0 Å². The van der Waals surface area contributed by atoms with Gasteiger partial charge in [0.2, 0.25) is 0 Å². The molecular formula is C7H8ClNO. The summed E-state index contributed by atoms with van der Waals surface area (Å²) in [5.74, 6) is 0. The molecule has 1 aromatic rings. The first kappa shape index (κ1) is 7.51. The van der Waals surface area contributed by atoms with Crippen molar-refractivity contribution in [2.24, 2.45) is 0 Å². The second-order valence-corrected chi connectivity index (χ2v) is 2.28. The third-order valence-electron chi connectivity index (χ3n) is 1.22. The monoisotopic (exact) mass is 157 g/mol. The minimum absolute atomic E-state index is 0.116. The molecule has 0 aliphatic carbocycles. The Bertz CT molecular complexity index is 215. The van der Waals surface area contributed by atoms with Crippen molar-refractivity contribution in [3.63, 3.8) is 0 Å². The van der Waals surface area contributed by atoms with E-state index in [1.54, 1.807) is 12.3 Å². The van der Waals surface area contributed by atoms with Gasteiger partial charge in [0.1, 0.15) is 5.15 Å². The normalized spacial score (nSPS) is 9.80. The highest BCUT2D eigenvalue weighted by atomic mass is 35.5. The first-order valence-electron chi connectivity index (χ1n) is 3.05. The average Bonchev–Trinajstić information content (AvgIpc) is 1.94. The predicted molar refractivity (Wildman–Crippen MR) is 40.0 cm³/mol. The number of halogens is 1. The second-order valence-electron chi connectivity index (χ2n) is 1.93. The number of hydrogen-bond acceptors (Lipinski definition) is 2. The van der Waals surface area contributed by atoms with Gasteiger partial charge in [-0.2, -0.15) is 0 Å². The van der Waals surface area contributed by atoms with Gasteiger partial charge in [-0.25, -0.2) is 4.98 Å². The maximum atomic E-state index is 8.56. The lowest BCUT2D eigenvalue weighted by atomic mass is 10.2. The van der Waals surface area contributed by atoms with E-state index in [-0.39, 0.29) is 6.61 Å². The van der Waals surface area contributed by atoms with Crippen LogP contribution in [0.2, 0.25) is 5.15 Å². The van der Waals surface area contributed by atoms with Crippen molar-refractivity contribution >= 4 is 11.6 Å². The van der Waals surface area contributed by atoms with Crippen LogP contribution in [0.15, 0.2) is 18.3 Å². The predicted octanol–water partition coefficient (Wildman–Crippen LogP) is 1.27. The van der Waals surface area contributed by atoms with Gasteiger partial charge in [0.15, 0.2) is 0 Å². The molecule has 0 unspecified atom stereocenters. The molecule has 1 heterocycles. The van der Waals surface area contributed by atoms with Crippen molar-refractivity contribution in [2.45, 2.75) is 6.42 Å². The second kappa shape index (κ2) is 3.54. The Balaban J connectivity index is 2.81. The Morgan fingerprint density at radius 2 is 2.40 bits per heavy atom. The highest BCUT2D eigenvalue weighted by Gasteiger charge is 1.96. The quantitative estimate of drug-likeness (QED) is 0.656. The fraction of sp³-hybridized carbons (Fsp3) is 0.286. The van der Waals surface area contributed by atoms with Crippen molar-refractivity contribution in [2.75, 3.05) is 6.61 Å². The lowest BCUT2D eigenvalue weighted by molar-refractivity contribution is 0.299. The molecule has 1 aromatic heterocycles. The molecule has 3 heteroatoms. The zero-order valence-corrected chi connectivity index (χ0v) is 6.17. The Hall–Kier alpha value is -0.600. The van der Waals surface area contributed by atoms with Crippen LogP contribution < -0.4 is 0 Å². The molecule has 0 atom stereocenters. The summed E-state index contributed by atoms with van der Waals surface area (Å²) in [7, 11) is 0. The maximum Gasteiger partial charge on any atom is 0.132 e. The molecule has 1 rings (SSSR count). The summed E-state index contributed by atoms with van der Waals surface area (Å²) in [5.41, 5.74) is 0.895. The summed E-state index contributed by atoms with van der Waals surface area (Å²) < 4.78 is 0. The number of aliphatic hydroxyl groups is 1. The highest BCUT2D eigenvalue weighted by Crippen LogP contribution is 2.10. The van der Waals surface area contributed by atoms with E-state index >= 15 is 0 Å². The molecule has 0 aliphatic heterocycles. The molecule has 0 fully saturated rings. The number of pyridine rings is 1. The number of nitrogens with zero attached hydrogens (tertiary/aromatic N) is 1. The van der Waals surface area contributed by atoms with Crippen molar-refractivity contribution in [1.29, 1.82) is 0 Å². The van der Waals surface area contributed by atoms with Crippen LogP contribution in [-0.4, -0.2) is 16.7 Å². The summed E-state index contributed by atoms with van der Waals surface area (Å²) >= 11 is 5.68. The molecule has 10 heavy (non-hydrogen) atoms. The smallest absolute Gasteiger partial charge is 0.132 e. The lowest BCUT2D eigenvalue weighted by Gasteiger charge is -1.97. The highest BCUT2D eigenvalue weighted by molar-refractivity contribution is 6.30. The van der Waals surface area contributed by atoms with Crippen LogP contribution in [0.1, 0.15) is 5.56 Å². The Labute approximate surface area is 64.5 Å². The molecule has 0 bridgehead atoms. The van der Waals surface area contributed by atoms with Crippen molar-refractivity contribution in [1.82, 2.24) is 4.98 Å². The number of aliphatic hydroxyl groups excluding tert-OH is 1. The van der Waals surface area contributed by atoms with Gasteiger partial charge in [0.05, 0.1) is 0 Å². The van der Waals surface area contributed by atoms with Crippen molar-refractivity contribution in [3.8, 4) is 0 Å². The minimum Gasteiger partial charge on any atom is -0.396 e. The Morgan fingerprint density at radius 1 is 1.60 bits per heavy atom. The number of hydrogen-bond donors (Lipinski definition) is 1.